The van der Waals surface area contributed by atoms with E-state index in [-0.39, 0.29) is 0 Å². The number of phenols is 1. The van der Waals surface area contributed by atoms with Crippen LogP contribution in [0.1, 0.15) is 36.9 Å². The van der Waals surface area contributed by atoms with Gasteiger partial charge in [0.05, 0.1) is 6.04 Å². The molecule has 0 saturated carbocycles. The van der Waals surface area contributed by atoms with Crippen LogP contribution in [-0.2, 0) is 6.42 Å². The zero-order valence-electron chi connectivity index (χ0n) is 12.3. The van der Waals surface area contributed by atoms with Crippen molar-refractivity contribution in [3.63, 3.8) is 0 Å². The van der Waals surface area contributed by atoms with Gasteiger partial charge >= 0.3 is 0 Å². The molecule has 1 aliphatic rings. The van der Waals surface area contributed by atoms with Crippen molar-refractivity contribution in [3.8, 4) is 5.75 Å². The first-order chi connectivity index (χ1) is 10.3. The summed E-state index contributed by atoms with van der Waals surface area (Å²) in [7, 11) is 0. The standard InChI is InChI=1S/C18H21NOS/c1-2-21-18-9-4-3-7-17(18)19-16-8-5-6-13-12-14(20)10-11-15(13)16/h3-4,7,9-12,16,19-20H,2,5-6,8H2,1H3. The molecular formula is C18H21NOS. The van der Waals surface area contributed by atoms with E-state index < -0.39 is 0 Å². The van der Waals surface area contributed by atoms with Crippen molar-refractivity contribution < 1.29 is 5.11 Å². The first-order valence-corrected chi connectivity index (χ1v) is 8.56. The Labute approximate surface area is 130 Å². The maximum atomic E-state index is 9.65. The number of anilines is 1. The van der Waals surface area contributed by atoms with E-state index in [1.165, 1.54) is 21.7 Å². The fourth-order valence-corrected chi connectivity index (χ4v) is 3.77. The minimum absolute atomic E-state index is 0.341. The van der Waals surface area contributed by atoms with Crippen LogP contribution in [0.5, 0.6) is 5.75 Å². The van der Waals surface area contributed by atoms with Crippen LogP contribution in [0.15, 0.2) is 47.4 Å². The Morgan fingerprint density at radius 3 is 2.95 bits per heavy atom. The average molecular weight is 299 g/mol. The summed E-state index contributed by atoms with van der Waals surface area (Å²) in [4.78, 5) is 1.31. The van der Waals surface area contributed by atoms with Crippen LogP contribution in [0.2, 0.25) is 0 Å². The lowest BCUT2D eigenvalue weighted by Gasteiger charge is -2.28. The molecule has 1 unspecified atom stereocenters. The lowest BCUT2D eigenvalue weighted by atomic mass is 9.87. The Hall–Kier alpha value is -1.61. The second-order valence-electron chi connectivity index (χ2n) is 5.40. The van der Waals surface area contributed by atoms with Crippen molar-refractivity contribution in [2.75, 3.05) is 11.1 Å². The second kappa shape index (κ2) is 6.44. The van der Waals surface area contributed by atoms with E-state index in [2.05, 4.69) is 42.6 Å². The molecule has 0 aliphatic heterocycles. The highest BCUT2D eigenvalue weighted by Crippen LogP contribution is 2.36. The van der Waals surface area contributed by atoms with E-state index in [0.717, 1.165) is 25.0 Å². The molecular weight excluding hydrogens is 278 g/mol. The number of phenolic OH excluding ortho intramolecular Hbond substituents is 1. The SMILES string of the molecule is CCSc1ccccc1NC1CCCc2cc(O)ccc21. The molecule has 3 rings (SSSR count). The maximum Gasteiger partial charge on any atom is 0.115 e. The minimum Gasteiger partial charge on any atom is -0.508 e. The van der Waals surface area contributed by atoms with Gasteiger partial charge in [0.2, 0.25) is 0 Å². The van der Waals surface area contributed by atoms with Crippen LogP contribution in [0.3, 0.4) is 0 Å². The van der Waals surface area contributed by atoms with Crippen molar-refractivity contribution in [2.24, 2.45) is 0 Å². The summed E-state index contributed by atoms with van der Waals surface area (Å²) < 4.78 is 0. The Morgan fingerprint density at radius 2 is 2.10 bits per heavy atom. The van der Waals surface area contributed by atoms with Crippen molar-refractivity contribution in [2.45, 2.75) is 37.1 Å². The predicted octanol–water partition coefficient (Wildman–Crippen LogP) is 4.99. The van der Waals surface area contributed by atoms with E-state index in [1.54, 1.807) is 6.07 Å². The van der Waals surface area contributed by atoms with E-state index in [0.29, 0.717) is 11.8 Å². The van der Waals surface area contributed by atoms with Gasteiger partial charge in [-0.3, -0.25) is 0 Å². The van der Waals surface area contributed by atoms with Gasteiger partial charge in [-0.05, 0) is 60.4 Å². The fourth-order valence-electron chi connectivity index (χ4n) is 3.01. The van der Waals surface area contributed by atoms with Crippen LogP contribution >= 0.6 is 11.8 Å². The fraction of sp³-hybridized carbons (Fsp3) is 0.333. The molecule has 2 nitrogen and oxygen atoms in total. The van der Waals surface area contributed by atoms with Gasteiger partial charge in [0, 0.05) is 10.6 Å². The van der Waals surface area contributed by atoms with Crippen LogP contribution in [0, 0.1) is 0 Å². The molecule has 110 valence electrons. The van der Waals surface area contributed by atoms with Gasteiger partial charge in [0.15, 0.2) is 0 Å². The molecule has 21 heavy (non-hydrogen) atoms. The number of aryl methyl sites for hydroxylation is 1. The summed E-state index contributed by atoms with van der Waals surface area (Å²) in [5.74, 6) is 1.45. The lowest BCUT2D eigenvalue weighted by molar-refractivity contribution is 0.472. The zero-order chi connectivity index (χ0) is 14.7. The van der Waals surface area contributed by atoms with Gasteiger partial charge in [-0.1, -0.05) is 25.1 Å². The summed E-state index contributed by atoms with van der Waals surface area (Å²) in [6.45, 7) is 2.18. The molecule has 1 atom stereocenters. The Morgan fingerprint density at radius 1 is 1.24 bits per heavy atom. The summed E-state index contributed by atoms with van der Waals surface area (Å²) in [6, 6.07) is 14.6. The molecule has 0 amide bonds. The van der Waals surface area contributed by atoms with E-state index in [9.17, 15) is 5.11 Å². The van der Waals surface area contributed by atoms with Crippen molar-refractivity contribution in [1.82, 2.24) is 0 Å². The summed E-state index contributed by atoms with van der Waals surface area (Å²) >= 11 is 1.87. The van der Waals surface area contributed by atoms with Gasteiger partial charge in [0.25, 0.3) is 0 Å². The molecule has 3 heteroatoms. The van der Waals surface area contributed by atoms with Gasteiger partial charge in [0.1, 0.15) is 5.75 Å². The molecule has 2 aromatic carbocycles. The number of hydrogen-bond donors (Lipinski definition) is 2. The molecule has 0 bridgehead atoms. The number of para-hydroxylation sites is 1. The smallest absolute Gasteiger partial charge is 0.115 e. The third-order valence-corrected chi connectivity index (χ3v) is 4.91. The first-order valence-electron chi connectivity index (χ1n) is 7.58. The van der Waals surface area contributed by atoms with Gasteiger partial charge in [-0.25, -0.2) is 0 Å². The number of nitrogens with one attached hydrogen (secondary N) is 1. The first kappa shape index (κ1) is 14.3. The average Bonchev–Trinajstić information content (AvgIpc) is 2.49. The lowest BCUT2D eigenvalue weighted by Crippen LogP contribution is -2.17. The monoisotopic (exact) mass is 299 g/mol. The predicted molar refractivity (Wildman–Crippen MR) is 90.2 cm³/mol. The molecule has 0 fully saturated rings. The summed E-state index contributed by atoms with van der Waals surface area (Å²) in [5.41, 5.74) is 3.82. The number of benzene rings is 2. The quantitative estimate of drug-likeness (QED) is 0.780. The molecule has 2 N–H and O–H groups in total. The molecule has 1 aliphatic carbocycles. The number of thioether (sulfide) groups is 1. The highest BCUT2D eigenvalue weighted by Gasteiger charge is 2.21. The van der Waals surface area contributed by atoms with Crippen LogP contribution < -0.4 is 5.32 Å². The normalized spacial score (nSPS) is 17.3. The van der Waals surface area contributed by atoms with E-state index in [4.69, 9.17) is 0 Å². The topological polar surface area (TPSA) is 32.3 Å². The van der Waals surface area contributed by atoms with E-state index in [1.807, 2.05) is 17.8 Å². The highest BCUT2D eigenvalue weighted by atomic mass is 32.2. The molecule has 2 aromatic rings. The molecule has 0 radical (unpaired) electrons. The van der Waals surface area contributed by atoms with Crippen molar-refractivity contribution in [3.05, 3.63) is 53.6 Å². The van der Waals surface area contributed by atoms with Crippen molar-refractivity contribution in [1.29, 1.82) is 0 Å². The van der Waals surface area contributed by atoms with Gasteiger partial charge in [-0.2, -0.15) is 0 Å². The molecule has 0 saturated heterocycles. The van der Waals surface area contributed by atoms with Gasteiger partial charge in [-0.15, -0.1) is 11.8 Å². The van der Waals surface area contributed by atoms with E-state index >= 15 is 0 Å². The zero-order valence-corrected chi connectivity index (χ0v) is 13.1. The Bertz CT molecular complexity index is 626. The minimum atomic E-state index is 0.341. The second-order valence-corrected chi connectivity index (χ2v) is 6.71. The number of aromatic hydroxyl groups is 1. The van der Waals surface area contributed by atoms with Crippen LogP contribution in [0.25, 0.3) is 0 Å². The Kier molecular flexibility index (Phi) is 4.39. The summed E-state index contributed by atoms with van der Waals surface area (Å²) in [6.07, 6.45) is 3.37. The van der Waals surface area contributed by atoms with Gasteiger partial charge < -0.3 is 10.4 Å². The molecule has 0 aromatic heterocycles. The molecule has 0 heterocycles. The highest BCUT2D eigenvalue weighted by molar-refractivity contribution is 7.99. The maximum absolute atomic E-state index is 9.65. The number of rotatable bonds is 4. The third-order valence-electron chi connectivity index (χ3n) is 3.96. The van der Waals surface area contributed by atoms with Crippen LogP contribution in [0.4, 0.5) is 5.69 Å². The largest absolute Gasteiger partial charge is 0.508 e. The molecule has 0 spiro atoms. The number of fused-ring (bicyclic) bond motifs is 1. The van der Waals surface area contributed by atoms with Crippen molar-refractivity contribution >= 4 is 17.4 Å². The number of hydrogen-bond acceptors (Lipinski definition) is 3. The summed E-state index contributed by atoms with van der Waals surface area (Å²) in [5, 5.41) is 13.4. The Balaban J connectivity index is 1.87. The van der Waals surface area contributed by atoms with Crippen LogP contribution in [-0.4, -0.2) is 10.9 Å². The third kappa shape index (κ3) is 3.18.